The SMILES string of the molecule is CC(C)Cc1ccc(CC(=O)NCC(F)(F)CN)cc1. The first-order valence-electron chi connectivity index (χ1n) is 6.75. The zero-order valence-electron chi connectivity index (χ0n) is 12.0. The van der Waals surface area contributed by atoms with E-state index in [0.29, 0.717) is 5.92 Å². The van der Waals surface area contributed by atoms with Gasteiger partial charge in [-0.1, -0.05) is 38.1 Å². The maximum atomic E-state index is 12.9. The fraction of sp³-hybridized carbons (Fsp3) is 0.533. The summed E-state index contributed by atoms with van der Waals surface area (Å²) in [6.07, 6.45) is 1.08. The van der Waals surface area contributed by atoms with Crippen molar-refractivity contribution in [2.45, 2.75) is 32.6 Å². The Morgan fingerprint density at radius 3 is 2.30 bits per heavy atom. The summed E-state index contributed by atoms with van der Waals surface area (Å²) >= 11 is 0. The number of rotatable bonds is 7. The second kappa shape index (κ2) is 7.33. The number of nitrogens with two attached hydrogens (primary N) is 1. The summed E-state index contributed by atoms with van der Waals surface area (Å²) in [6.45, 7) is 2.79. The smallest absolute Gasteiger partial charge is 0.277 e. The van der Waals surface area contributed by atoms with Crippen LogP contribution in [0, 0.1) is 5.92 Å². The van der Waals surface area contributed by atoms with Gasteiger partial charge in [0.05, 0.1) is 19.5 Å². The van der Waals surface area contributed by atoms with E-state index < -0.39 is 24.9 Å². The van der Waals surface area contributed by atoms with Gasteiger partial charge in [-0.05, 0) is 23.5 Å². The summed E-state index contributed by atoms with van der Waals surface area (Å²) in [5.41, 5.74) is 6.92. The van der Waals surface area contributed by atoms with Crippen LogP contribution in [-0.2, 0) is 17.6 Å². The van der Waals surface area contributed by atoms with Crippen LogP contribution in [0.15, 0.2) is 24.3 Å². The number of amides is 1. The Kier molecular flexibility index (Phi) is 6.07. The predicted octanol–water partition coefficient (Wildman–Crippen LogP) is 2.14. The Hall–Kier alpha value is -1.49. The molecule has 0 aromatic heterocycles. The highest BCUT2D eigenvalue weighted by molar-refractivity contribution is 5.78. The Balaban J connectivity index is 2.46. The molecule has 0 saturated heterocycles. The van der Waals surface area contributed by atoms with E-state index in [9.17, 15) is 13.6 Å². The van der Waals surface area contributed by atoms with Crippen LogP contribution in [-0.4, -0.2) is 24.9 Å². The highest BCUT2D eigenvalue weighted by Crippen LogP contribution is 2.11. The number of hydrogen-bond acceptors (Lipinski definition) is 2. The van der Waals surface area contributed by atoms with Gasteiger partial charge in [0.1, 0.15) is 0 Å². The molecule has 0 unspecified atom stereocenters. The van der Waals surface area contributed by atoms with Crippen molar-refractivity contribution in [2.75, 3.05) is 13.1 Å². The van der Waals surface area contributed by atoms with Crippen molar-refractivity contribution < 1.29 is 13.6 Å². The zero-order chi connectivity index (χ0) is 15.2. The maximum absolute atomic E-state index is 12.9. The molecule has 112 valence electrons. The summed E-state index contributed by atoms with van der Waals surface area (Å²) in [6, 6.07) is 7.66. The fourth-order valence-corrected chi connectivity index (χ4v) is 1.81. The first-order chi connectivity index (χ1) is 9.32. The molecular weight excluding hydrogens is 262 g/mol. The van der Waals surface area contributed by atoms with Crippen LogP contribution in [0.4, 0.5) is 8.78 Å². The third-order valence-electron chi connectivity index (χ3n) is 2.87. The summed E-state index contributed by atoms with van der Waals surface area (Å²) < 4.78 is 25.8. The van der Waals surface area contributed by atoms with Gasteiger partial charge in [0.2, 0.25) is 5.91 Å². The van der Waals surface area contributed by atoms with E-state index in [1.165, 1.54) is 5.56 Å². The highest BCUT2D eigenvalue weighted by atomic mass is 19.3. The zero-order valence-corrected chi connectivity index (χ0v) is 12.0. The fourth-order valence-electron chi connectivity index (χ4n) is 1.81. The van der Waals surface area contributed by atoms with E-state index in [1.807, 2.05) is 24.3 Å². The lowest BCUT2D eigenvalue weighted by Gasteiger charge is -2.14. The van der Waals surface area contributed by atoms with Crippen molar-refractivity contribution in [3.8, 4) is 0 Å². The lowest BCUT2D eigenvalue weighted by molar-refractivity contribution is -0.122. The van der Waals surface area contributed by atoms with Gasteiger partial charge in [-0.2, -0.15) is 0 Å². The summed E-state index contributed by atoms with van der Waals surface area (Å²) in [7, 11) is 0. The maximum Gasteiger partial charge on any atom is 0.277 e. The van der Waals surface area contributed by atoms with Crippen molar-refractivity contribution in [1.29, 1.82) is 0 Å². The largest absolute Gasteiger partial charge is 0.350 e. The molecule has 3 nitrogen and oxygen atoms in total. The third-order valence-corrected chi connectivity index (χ3v) is 2.87. The van der Waals surface area contributed by atoms with Crippen LogP contribution >= 0.6 is 0 Å². The first-order valence-corrected chi connectivity index (χ1v) is 6.75. The van der Waals surface area contributed by atoms with E-state index in [-0.39, 0.29) is 6.42 Å². The molecule has 1 aromatic carbocycles. The molecule has 0 atom stereocenters. The molecule has 0 aliphatic heterocycles. The predicted molar refractivity (Wildman–Crippen MR) is 75.7 cm³/mol. The summed E-state index contributed by atoms with van der Waals surface area (Å²) in [5, 5.41) is 2.20. The summed E-state index contributed by atoms with van der Waals surface area (Å²) in [5.74, 6) is -2.89. The molecule has 5 heteroatoms. The van der Waals surface area contributed by atoms with Crippen molar-refractivity contribution in [2.24, 2.45) is 11.7 Å². The minimum absolute atomic E-state index is 0.0998. The van der Waals surface area contributed by atoms with Gasteiger partial charge in [-0.25, -0.2) is 8.78 Å². The van der Waals surface area contributed by atoms with Crippen molar-refractivity contribution in [3.05, 3.63) is 35.4 Å². The monoisotopic (exact) mass is 284 g/mol. The minimum atomic E-state index is -3.04. The first kappa shape index (κ1) is 16.6. The van der Waals surface area contributed by atoms with Crippen molar-refractivity contribution in [1.82, 2.24) is 5.32 Å². The average molecular weight is 284 g/mol. The lowest BCUT2D eigenvalue weighted by Crippen LogP contribution is -2.42. The molecule has 0 saturated carbocycles. The van der Waals surface area contributed by atoms with Gasteiger partial charge in [0.25, 0.3) is 5.92 Å². The molecule has 1 rings (SSSR count). The van der Waals surface area contributed by atoms with Crippen LogP contribution in [0.1, 0.15) is 25.0 Å². The van der Waals surface area contributed by atoms with E-state index in [4.69, 9.17) is 5.73 Å². The Labute approximate surface area is 118 Å². The quantitative estimate of drug-likeness (QED) is 0.806. The van der Waals surface area contributed by atoms with Crippen molar-refractivity contribution >= 4 is 5.91 Å². The Bertz CT molecular complexity index is 430. The molecule has 0 aliphatic carbocycles. The molecule has 0 aliphatic rings. The van der Waals surface area contributed by atoms with Gasteiger partial charge in [-0.3, -0.25) is 4.79 Å². The van der Waals surface area contributed by atoms with Crippen LogP contribution < -0.4 is 11.1 Å². The Morgan fingerprint density at radius 2 is 1.80 bits per heavy atom. The van der Waals surface area contributed by atoms with Gasteiger partial charge in [0, 0.05) is 0 Å². The number of hydrogen-bond donors (Lipinski definition) is 2. The number of alkyl halides is 2. The molecule has 0 radical (unpaired) electrons. The molecule has 20 heavy (non-hydrogen) atoms. The van der Waals surface area contributed by atoms with E-state index in [0.717, 1.165) is 12.0 Å². The van der Waals surface area contributed by atoms with Crippen LogP contribution in [0.3, 0.4) is 0 Å². The molecule has 0 spiro atoms. The molecule has 0 heterocycles. The normalized spacial score (nSPS) is 11.7. The van der Waals surface area contributed by atoms with E-state index in [1.54, 1.807) is 0 Å². The topological polar surface area (TPSA) is 55.1 Å². The van der Waals surface area contributed by atoms with Crippen LogP contribution in [0.5, 0.6) is 0 Å². The Morgan fingerprint density at radius 1 is 1.25 bits per heavy atom. The number of carbonyl (C=O) groups excluding carboxylic acids is 1. The van der Waals surface area contributed by atoms with Crippen LogP contribution in [0.2, 0.25) is 0 Å². The number of carbonyl (C=O) groups is 1. The second-order valence-electron chi connectivity index (χ2n) is 5.43. The number of halogens is 2. The molecule has 1 aromatic rings. The van der Waals surface area contributed by atoms with Gasteiger partial charge in [0.15, 0.2) is 0 Å². The number of benzene rings is 1. The lowest BCUT2D eigenvalue weighted by atomic mass is 10.0. The minimum Gasteiger partial charge on any atom is -0.350 e. The van der Waals surface area contributed by atoms with Crippen LogP contribution in [0.25, 0.3) is 0 Å². The molecule has 3 N–H and O–H groups in total. The van der Waals surface area contributed by atoms with E-state index >= 15 is 0 Å². The molecule has 1 amide bonds. The van der Waals surface area contributed by atoms with Crippen molar-refractivity contribution in [3.63, 3.8) is 0 Å². The van der Waals surface area contributed by atoms with Gasteiger partial charge in [-0.15, -0.1) is 0 Å². The highest BCUT2D eigenvalue weighted by Gasteiger charge is 2.26. The standard InChI is InChI=1S/C15H22F2N2O/c1-11(2)7-12-3-5-13(6-4-12)8-14(20)19-10-15(16,17)9-18/h3-6,11H,7-10,18H2,1-2H3,(H,19,20). The molecule has 0 fully saturated rings. The molecule has 0 bridgehead atoms. The number of nitrogens with one attached hydrogen (secondary N) is 1. The van der Waals surface area contributed by atoms with E-state index in [2.05, 4.69) is 19.2 Å². The third kappa shape index (κ3) is 6.10. The summed E-state index contributed by atoms with van der Waals surface area (Å²) in [4.78, 5) is 11.6. The molecular formula is C15H22F2N2O. The van der Waals surface area contributed by atoms with Gasteiger partial charge < -0.3 is 11.1 Å². The average Bonchev–Trinajstić information content (AvgIpc) is 2.38. The second-order valence-corrected chi connectivity index (χ2v) is 5.43. The van der Waals surface area contributed by atoms with Gasteiger partial charge >= 0.3 is 0 Å².